The summed E-state index contributed by atoms with van der Waals surface area (Å²) in [6.45, 7) is 5.96. The molecule has 1 atom stereocenters. The molecule has 1 unspecified atom stereocenters. The molecule has 0 bridgehead atoms. The molecule has 8 heteroatoms. The van der Waals surface area contributed by atoms with Gasteiger partial charge < -0.3 is 4.74 Å². The number of thioether (sulfide) groups is 1. The molecule has 32 heavy (non-hydrogen) atoms. The fraction of sp³-hybridized carbons (Fsp3) is 0.333. The second kappa shape index (κ2) is 9.81. The molecule has 0 saturated heterocycles. The SMILES string of the molecule is COC(=O)Cc1cccc(SCC(C)c2c(C)nn(-c3ccc(C(F)(F)F)cc3)c2C)c1. The molecule has 1 heterocycles. The van der Waals surface area contributed by atoms with Crippen LogP contribution in [0.4, 0.5) is 13.2 Å². The van der Waals surface area contributed by atoms with Gasteiger partial charge in [0.15, 0.2) is 0 Å². The van der Waals surface area contributed by atoms with Gasteiger partial charge in [-0.25, -0.2) is 4.68 Å². The standard InChI is InChI=1S/C24H25F3N2O2S/c1-15(14-32-21-7-5-6-18(12-21)13-22(30)31-4)23-16(2)28-29(17(23)3)20-10-8-19(9-11-20)24(25,26)27/h5-12,15H,13-14H2,1-4H3. The van der Waals surface area contributed by atoms with Gasteiger partial charge in [0.2, 0.25) is 0 Å². The number of aryl methyl sites for hydroxylation is 1. The predicted octanol–water partition coefficient (Wildman–Crippen LogP) is 6.12. The summed E-state index contributed by atoms with van der Waals surface area (Å²) < 4.78 is 45.0. The maximum absolute atomic E-state index is 12.9. The lowest BCUT2D eigenvalue weighted by Gasteiger charge is -2.13. The smallest absolute Gasteiger partial charge is 0.416 e. The molecule has 2 aromatic carbocycles. The first-order valence-electron chi connectivity index (χ1n) is 10.1. The summed E-state index contributed by atoms with van der Waals surface area (Å²) in [5, 5.41) is 4.58. The number of carbonyl (C=O) groups excluding carboxylic acids is 1. The Kier molecular flexibility index (Phi) is 7.33. The summed E-state index contributed by atoms with van der Waals surface area (Å²) in [5.74, 6) is 0.692. The third-order valence-corrected chi connectivity index (χ3v) is 6.51. The van der Waals surface area contributed by atoms with E-state index in [4.69, 9.17) is 4.74 Å². The number of halogens is 3. The zero-order chi connectivity index (χ0) is 23.5. The molecule has 3 rings (SSSR count). The molecule has 3 aromatic rings. The van der Waals surface area contributed by atoms with Gasteiger partial charge in [-0.15, -0.1) is 11.8 Å². The van der Waals surface area contributed by atoms with Crippen molar-refractivity contribution < 1.29 is 22.7 Å². The van der Waals surface area contributed by atoms with Gasteiger partial charge in [0.25, 0.3) is 0 Å². The number of aromatic nitrogens is 2. The Morgan fingerprint density at radius 1 is 1.16 bits per heavy atom. The van der Waals surface area contributed by atoms with E-state index in [0.717, 1.165) is 45.3 Å². The number of methoxy groups -OCH3 is 1. The lowest BCUT2D eigenvalue weighted by molar-refractivity contribution is -0.140. The summed E-state index contributed by atoms with van der Waals surface area (Å²) in [6.07, 6.45) is -4.13. The zero-order valence-corrected chi connectivity index (χ0v) is 19.2. The van der Waals surface area contributed by atoms with Gasteiger partial charge in [0.05, 0.1) is 30.5 Å². The Bertz CT molecular complexity index is 1090. The Balaban J connectivity index is 1.74. The van der Waals surface area contributed by atoms with Gasteiger partial charge in [-0.05, 0) is 61.7 Å². The van der Waals surface area contributed by atoms with Gasteiger partial charge in [-0.1, -0.05) is 19.1 Å². The van der Waals surface area contributed by atoms with Crippen molar-refractivity contribution in [2.24, 2.45) is 0 Å². The number of esters is 1. The molecular weight excluding hydrogens is 437 g/mol. The molecule has 0 aliphatic rings. The molecule has 0 saturated carbocycles. The molecule has 0 amide bonds. The second-order valence-corrected chi connectivity index (χ2v) is 8.75. The van der Waals surface area contributed by atoms with Crippen LogP contribution in [0.25, 0.3) is 5.69 Å². The second-order valence-electron chi connectivity index (χ2n) is 7.65. The maximum atomic E-state index is 12.9. The molecule has 170 valence electrons. The van der Waals surface area contributed by atoms with E-state index < -0.39 is 11.7 Å². The van der Waals surface area contributed by atoms with Crippen LogP contribution in [0.2, 0.25) is 0 Å². The number of hydrogen-bond acceptors (Lipinski definition) is 4. The highest BCUT2D eigenvalue weighted by Crippen LogP contribution is 2.33. The monoisotopic (exact) mass is 462 g/mol. The van der Waals surface area contributed by atoms with Gasteiger partial charge >= 0.3 is 12.1 Å². The van der Waals surface area contributed by atoms with Crippen LogP contribution in [0.1, 0.15) is 40.9 Å². The molecule has 0 aliphatic carbocycles. The molecule has 0 radical (unpaired) electrons. The molecule has 1 aromatic heterocycles. The third-order valence-electron chi connectivity index (χ3n) is 5.25. The molecule has 0 N–H and O–H groups in total. The highest BCUT2D eigenvalue weighted by Gasteiger charge is 2.30. The van der Waals surface area contributed by atoms with E-state index in [1.165, 1.54) is 19.2 Å². The van der Waals surface area contributed by atoms with Crippen molar-refractivity contribution in [2.45, 2.75) is 44.2 Å². The van der Waals surface area contributed by atoms with E-state index in [-0.39, 0.29) is 18.3 Å². The van der Waals surface area contributed by atoms with Crippen LogP contribution in [0.15, 0.2) is 53.4 Å². The van der Waals surface area contributed by atoms with Crippen LogP contribution in [-0.2, 0) is 22.1 Å². The van der Waals surface area contributed by atoms with Crippen LogP contribution in [0.3, 0.4) is 0 Å². The molecule has 0 spiro atoms. The topological polar surface area (TPSA) is 44.1 Å². The van der Waals surface area contributed by atoms with E-state index in [9.17, 15) is 18.0 Å². The lowest BCUT2D eigenvalue weighted by Crippen LogP contribution is -2.06. The largest absolute Gasteiger partial charge is 0.469 e. The van der Waals surface area contributed by atoms with E-state index in [2.05, 4.69) is 12.0 Å². The van der Waals surface area contributed by atoms with Crippen molar-refractivity contribution in [3.8, 4) is 5.69 Å². The van der Waals surface area contributed by atoms with Gasteiger partial charge in [0, 0.05) is 21.9 Å². The fourth-order valence-corrected chi connectivity index (χ4v) is 4.72. The quantitative estimate of drug-likeness (QED) is 0.313. The number of ether oxygens (including phenoxy) is 1. The molecule has 0 fully saturated rings. The first kappa shape index (κ1) is 23.9. The van der Waals surface area contributed by atoms with Crippen LogP contribution in [0.5, 0.6) is 0 Å². The number of hydrogen-bond donors (Lipinski definition) is 0. The normalized spacial score (nSPS) is 12.6. The van der Waals surface area contributed by atoms with E-state index in [0.29, 0.717) is 5.69 Å². The van der Waals surface area contributed by atoms with Crippen molar-refractivity contribution in [2.75, 3.05) is 12.9 Å². The predicted molar refractivity (Wildman–Crippen MR) is 119 cm³/mol. The number of alkyl halides is 3. The lowest BCUT2D eigenvalue weighted by atomic mass is 10.0. The van der Waals surface area contributed by atoms with Crippen molar-refractivity contribution in [1.29, 1.82) is 0 Å². The minimum Gasteiger partial charge on any atom is -0.469 e. The van der Waals surface area contributed by atoms with Crippen molar-refractivity contribution in [3.05, 3.63) is 76.6 Å². The van der Waals surface area contributed by atoms with E-state index in [1.54, 1.807) is 16.4 Å². The van der Waals surface area contributed by atoms with E-state index in [1.807, 2.05) is 38.1 Å². The average Bonchev–Trinajstić information content (AvgIpc) is 3.05. The van der Waals surface area contributed by atoms with E-state index >= 15 is 0 Å². The number of nitrogens with zero attached hydrogens (tertiary/aromatic N) is 2. The summed E-state index contributed by atoms with van der Waals surface area (Å²) >= 11 is 1.69. The van der Waals surface area contributed by atoms with Crippen LogP contribution < -0.4 is 0 Å². The number of rotatable bonds is 7. The van der Waals surface area contributed by atoms with Gasteiger partial charge in [-0.2, -0.15) is 18.3 Å². The summed E-state index contributed by atoms with van der Waals surface area (Å²) in [7, 11) is 1.37. The first-order chi connectivity index (χ1) is 15.1. The highest BCUT2D eigenvalue weighted by molar-refractivity contribution is 7.99. The van der Waals surface area contributed by atoms with Crippen LogP contribution in [0, 0.1) is 13.8 Å². The Morgan fingerprint density at radius 3 is 2.47 bits per heavy atom. The minimum absolute atomic E-state index is 0.174. The average molecular weight is 463 g/mol. The zero-order valence-electron chi connectivity index (χ0n) is 18.4. The Morgan fingerprint density at radius 2 is 1.84 bits per heavy atom. The maximum Gasteiger partial charge on any atom is 0.416 e. The molecule has 0 aliphatic heterocycles. The number of carbonyl (C=O) groups is 1. The van der Waals surface area contributed by atoms with Crippen LogP contribution in [-0.4, -0.2) is 28.6 Å². The summed E-state index contributed by atoms with van der Waals surface area (Å²) in [6, 6.07) is 12.8. The molecular formula is C24H25F3N2O2S. The fourth-order valence-electron chi connectivity index (χ4n) is 3.70. The van der Waals surface area contributed by atoms with Crippen molar-refractivity contribution >= 4 is 17.7 Å². The Hall–Kier alpha value is -2.74. The van der Waals surface area contributed by atoms with Crippen molar-refractivity contribution in [1.82, 2.24) is 9.78 Å². The van der Waals surface area contributed by atoms with Gasteiger partial charge in [-0.3, -0.25) is 4.79 Å². The minimum atomic E-state index is -4.36. The molecule has 4 nitrogen and oxygen atoms in total. The summed E-state index contributed by atoms with van der Waals surface area (Å²) in [5.41, 5.74) is 3.67. The van der Waals surface area contributed by atoms with Crippen LogP contribution >= 0.6 is 11.8 Å². The Labute approximate surface area is 189 Å². The first-order valence-corrected chi connectivity index (χ1v) is 11.1. The van der Waals surface area contributed by atoms with Gasteiger partial charge in [0.1, 0.15) is 0 Å². The number of benzene rings is 2. The van der Waals surface area contributed by atoms with Crippen molar-refractivity contribution in [3.63, 3.8) is 0 Å². The third kappa shape index (κ3) is 5.54. The summed E-state index contributed by atoms with van der Waals surface area (Å²) in [4.78, 5) is 12.6. The highest BCUT2D eigenvalue weighted by atomic mass is 32.2.